The summed E-state index contributed by atoms with van der Waals surface area (Å²) in [6.45, 7) is 4.18. The summed E-state index contributed by atoms with van der Waals surface area (Å²) in [5, 5.41) is 9.35. The van der Waals surface area contributed by atoms with E-state index >= 15 is 0 Å². The molecule has 4 nitrogen and oxygen atoms in total. The molecular formula is C16H19NO3. The molecule has 0 amide bonds. The number of rotatable bonds is 5. The van der Waals surface area contributed by atoms with Gasteiger partial charge in [-0.1, -0.05) is 18.2 Å². The summed E-state index contributed by atoms with van der Waals surface area (Å²) in [6.07, 6.45) is 0. The van der Waals surface area contributed by atoms with Gasteiger partial charge in [0.1, 0.15) is 18.1 Å². The molecule has 0 bridgehead atoms. The number of hydrogen-bond acceptors (Lipinski definition) is 4. The van der Waals surface area contributed by atoms with Crippen LogP contribution in [-0.4, -0.2) is 17.2 Å². The highest BCUT2D eigenvalue weighted by Crippen LogP contribution is 2.24. The number of aliphatic hydroxyl groups excluding tert-OH is 1. The number of methoxy groups -OCH3 is 1. The molecule has 0 fully saturated rings. The molecule has 1 heterocycles. The van der Waals surface area contributed by atoms with Crippen LogP contribution < -0.4 is 9.47 Å². The Morgan fingerprint density at radius 3 is 2.70 bits per heavy atom. The number of benzene rings is 1. The molecule has 2 rings (SSSR count). The van der Waals surface area contributed by atoms with Crippen molar-refractivity contribution in [3.8, 4) is 11.5 Å². The maximum absolute atomic E-state index is 9.35. The normalized spacial score (nSPS) is 10.4. The van der Waals surface area contributed by atoms with Gasteiger partial charge in [-0.05, 0) is 19.4 Å². The summed E-state index contributed by atoms with van der Waals surface area (Å²) >= 11 is 0. The Morgan fingerprint density at radius 2 is 2.00 bits per heavy atom. The van der Waals surface area contributed by atoms with E-state index in [1.54, 1.807) is 7.11 Å². The van der Waals surface area contributed by atoms with E-state index in [-0.39, 0.29) is 6.61 Å². The summed E-state index contributed by atoms with van der Waals surface area (Å²) < 4.78 is 11.0. The molecule has 0 saturated heterocycles. The molecule has 0 unspecified atom stereocenters. The van der Waals surface area contributed by atoms with Crippen molar-refractivity contribution in [2.45, 2.75) is 27.1 Å². The predicted molar refractivity (Wildman–Crippen MR) is 77.0 cm³/mol. The molecule has 2 aromatic rings. The van der Waals surface area contributed by atoms with E-state index < -0.39 is 0 Å². The maximum atomic E-state index is 9.35. The number of aryl methyl sites for hydroxylation is 2. The van der Waals surface area contributed by atoms with Crippen molar-refractivity contribution in [3.05, 3.63) is 52.8 Å². The van der Waals surface area contributed by atoms with Crippen molar-refractivity contribution in [3.63, 3.8) is 0 Å². The van der Waals surface area contributed by atoms with Gasteiger partial charge in [0.15, 0.2) is 0 Å². The Bertz CT molecular complexity index is 596. The number of aliphatic hydroxyl groups is 1. The largest absolute Gasteiger partial charge is 0.497 e. The minimum Gasteiger partial charge on any atom is -0.497 e. The third-order valence-corrected chi connectivity index (χ3v) is 3.04. The van der Waals surface area contributed by atoms with Gasteiger partial charge >= 0.3 is 0 Å². The third kappa shape index (κ3) is 3.27. The van der Waals surface area contributed by atoms with Crippen LogP contribution in [0, 0.1) is 13.8 Å². The molecule has 1 aromatic carbocycles. The molecule has 0 saturated carbocycles. The molecule has 20 heavy (non-hydrogen) atoms. The van der Waals surface area contributed by atoms with Gasteiger partial charge in [0.25, 0.3) is 0 Å². The van der Waals surface area contributed by atoms with E-state index in [2.05, 4.69) is 4.98 Å². The lowest BCUT2D eigenvalue weighted by Gasteiger charge is -2.13. The Labute approximate surface area is 119 Å². The second kappa shape index (κ2) is 6.39. The molecule has 1 N–H and O–H groups in total. The molecule has 0 atom stereocenters. The van der Waals surface area contributed by atoms with E-state index in [4.69, 9.17) is 9.47 Å². The number of pyridine rings is 1. The van der Waals surface area contributed by atoms with E-state index in [0.717, 1.165) is 34.0 Å². The summed E-state index contributed by atoms with van der Waals surface area (Å²) in [5.41, 5.74) is 3.46. The Kier molecular flexibility index (Phi) is 4.58. The van der Waals surface area contributed by atoms with E-state index in [9.17, 15) is 5.11 Å². The summed E-state index contributed by atoms with van der Waals surface area (Å²) in [7, 11) is 1.63. The lowest BCUT2D eigenvalue weighted by atomic mass is 10.1. The average molecular weight is 273 g/mol. The first-order valence-corrected chi connectivity index (χ1v) is 6.47. The van der Waals surface area contributed by atoms with Crippen molar-refractivity contribution >= 4 is 0 Å². The lowest BCUT2D eigenvalue weighted by Crippen LogP contribution is -2.03. The van der Waals surface area contributed by atoms with Crippen molar-refractivity contribution < 1.29 is 14.6 Å². The fraction of sp³-hybridized carbons (Fsp3) is 0.312. The van der Waals surface area contributed by atoms with Gasteiger partial charge in [-0.3, -0.25) is 4.98 Å². The smallest absolute Gasteiger partial charge is 0.130 e. The van der Waals surface area contributed by atoms with Gasteiger partial charge in [0, 0.05) is 23.4 Å². The SMILES string of the molecule is COc1cc(C)nc(COc2c(C)cccc2CO)c1. The second-order valence-electron chi connectivity index (χ2n) is 4.65. The van der Waals surface area contributed by atoms with Crippen LogP contribution in [-0.2, 0) is 13.2 Å². The third-order valence-electron chi connectivity index (χ3n) is 3.04. The first kappa shape index (κ1) is 14.3. The van der Waals surface area contributed by atoms with E-state index in [0.29, 0.717) is 6.61 Å². The highest BCUT2D eigenvalue weighted by atomic mass is 16.5. The molecule has 0 aliphatic carbocycles. The molecule has 0 radical (unpaired) electrons. The van der Waals surface area contributed by atoms with Crippen molar-refractivity contribution in [2.75, 3.05) is 7.11 Å². The molecule has 4 heteroatoms. The number of hydrogen-bond donors (Lipinski definition) is 1. The topological polar surface area (TPSA) is 51.6 Å². The van der Waals surface area contributed by atoms with E-state index in [1.165, 1.54) is 0 Å². The van der Waals surface area contributed by atoms with Gasteiger partial charge in [0.2, 0.25) is 0 Å². The Hall–Kier alpha value is -2.07. The second-order valence-corrected chi connectivity index (χ2v) is 4.65. The van der Waals surface area contributed by atoms with Gasteiger partial charge in [-0.25, -0.2) is 0 Å². The summed E-state index contributed by atoms with van der Waals surface area (Å²) in [6, 6.07) is 9.44. The van der Waals surface area contributed by atoms with E-state index in [1.807, 2.05) is 44.2 Å². The van der Waals surface area contributed by atoms with Crippen molar-refractivity contribution in [2.24, 2.45) is 0 Å². The lowest BCUT2D eigenvalue weighted by molar-refractivity contribution is 0.256. The van der Waals surface area contributed by atoms with Gasteiger partial charge in [-0.2, -0.15) is 0 Å². The average Bonchev–Trinajstić information content (AvgIpc) is 2.45. The fourth-order valence-corrected chi connectivity index (χ4v) is 2.09. The predicted octanol–water partition coefficient (Wildman–Crippen LogP) is 2.78. The highest BCUT2D eigenvalue weighted by Gasteiger charge is 2.08. The van der Waals surface area contributed by atoms with Crippen LogP contribution in [0.3, 0.4) is 0 Å². The number of ether oxygens (including phenoxy) is 2. The number of para-hydroxylation sites is 1. The van der Waals surface area contributed by atoms with Crippen LogP contribution in [0.5, 0.6) is 11.5 Å². The highest BCUT2D eigenvalue weighted by molar-refractivity contribution is 5.40. The molecule has 0 aliphatic rings. The first-order valence-electron chi connectivity index (χ1n) is 6.47. The fourth-order valence-electron chi connectivity index (χ4n) is 2.09. The van der Waals surface area contributed by atoms with Gasteiger partial charge < -0.3 is 14.6 Å². The molecule has 0 spiro atoms. The first-order chi connectivity index (χ1) is 9.63. The zero-order valence-corrected chi connectivity index (χ0v) is 12.0. The van der Waals surface area contributed by atoms with Crippen LogP contribution in [0.4, 0.5) is 0 Å². The van der Waals surface area contributed by atoms with Crippen LogP contribution in [0.1, 0.15) is 22.5 Å². The van der Waals surface area contributed by atoms with Gasteiger partial charge in [0.05, 0.1) is 19.4 Å². The molecule has 0 aliphatic heterocycles. The molecular weight excluding hydrogens is 254 g/mol. The zero-order valence-electron chi connectivity index (χ0n) is 12.0. The number of aromatic nitrogens is 1. The monoisotopic (exact) mass is 273 g/mol. The Morgan fingerprint density at radius 1 is 1.20 bits per heavy atom. The maximum Gasteiger partial charge on any atom is 0.130 e. The minimum atomic E-state index is -0.0401. The van der Waals surface area contributed by atoms with Crippen molar-refractivity contribution in [1.29, 1.82) is 0 Å². The molecule has 1 aromatic heterocycles. The zero-order chi connectivity index (χ0) is 14.5. The van der Waals surface area contributed by atoms with Gasteiger partial charge in [-0.15, -0.1) is 0 Å². The standard InChI is InChI=1S/C16H19NO3/c1-11-5-4-6-13(9-18)16(11)20-10-14-8-15(19-3)7-12(2)17-14/h4-8,18H,9-10H2,1-3H3. The number of nitrogens with zero attached hydrogens (tertiary/aromatic N) is 1. The van der Waals surface area contributed by atoms with Crippen LogP contribution >= 0.6 is 0 Å². The summed E-state index contributed by atoms with van der Waals surface area (Å²) in [5.74, 6) is 1.49. The molecule has 106 valence electrons. The van der Waals surface area contributed by atoms with Crippen molar-refractivity contribution in [1.82, 2.24) is 4.98 Å². The summed E-state index contributed by atoms with van der Waals surface area (Å²) in [4.78, 5) is 4.41. The quantitative estimate of drug-likeness (QED) is 0.910. The van der Waals surface area contributed by atoms with Crippen LogP contribution in [0.2, 0.25) is 0 Å². The minimum absolute atomic E-state index is 0.0401. The van der Waals surface area contributed by atoms with Crippen LogP contribution in [0.25, 0.3) is 0 Å². The Balaban J connectivity index is 2.19. The van der Waals surface area contributed by atoms with Crippen LogP contribution in [0.15, 0.2) is 30.3 Å².